The van der Waals surface area contributed by atoms with Gasteiger partial charge in [0.05, 0.1) is 4.90 Å². The summed E-state index contributed by atoms with van der Waals surface area (Å²) in [4.78, 5) is 0.386. The van der Waals surface area contributed by atoms with Crippen molar-refractivity contribution >= 4 is 10.0 Å². The van der Waals surface area contributed by atoms with E-state index in [-0.39, 0.29) is 12.1 Å². The van der Waals surface area contributed by atoms with Gasteiger partial charge in [-0.3, -0.25) is 0 Å². The molecule has 0 radical (unpaired) electrons. The first kappa shape index (κ1) is 16.5. The zero-order valence-corrected chi connectivity index (χ0v) is 13.9. The molecule has 1 aromatic rings. The molecule has 0 aliphatic carbocycles. The number of hydrogen-bond donors (Lipinski definition) is 1. The SMILES string of the molecule is CCC(C)c1ccc(S(=O)(=O)N2CCC(N)CC2C)cc1. The van der Waals surface area contributed by atoms with Gasteiger partial charge in [0.1, 0.15) is 0 Å². The molecule has 2 rings (SSSR count). The highest BCUT2D eigenvalue weighted by atomic mass is 32.2. The Morgan fingerprint density at radius 1 is 1.33 bits per heavy atom. The lowest BCUT2D eigenvalue weighted by molar-refractivity contribution is 0.247. The summed E-state index contributed by atoms with van der Waals surface area (Å²) in [6.07, 6.45) is 2.51. The minimum absolute atomic E-state index is 0.0343. The normalized spacial score (nSPS) is 25.7. The van der Waals surface area contributed by atoms with Gasteiger partial charge in [0.25, 0.3) is 0 Å². The van der Waals surface area contributed by atoms with E-state index in [1.54, 1.807) is 16.4 Å². The highest BCUT2D eigenvalue weighted by molar-refractivity contribution is 7.89. The van der Waals surface area contributed by atoms with Gasteiger partial charge in [-0.2, -0.15) is 4.31 Å². The zero-order valence-electron chi connectivity index (χ0n) is 13.1. The molecule has 21 heavy (non-hydrogen) atoms. The largest absolute Gasteiger partial charge is 0.328 e. The van der Waals surface area contributed by atoms with E-state index < -0.39 is 10.0 Å². The molecule has 1 heterocycles. The molecule has 3 unspecified atom stereocenters. The van der Waals surface area contributed by atoms with E-state index in [1.807, 2.05) is 19.1 Å². The Morgan fingerprint density at radius 3 is 2.48 bits per heavy atom. The van der Waals surface area contributed by atoms with Gasteiger partial charge in [-0.1, -0.05) is 26.0 Å². The summed E-state index contributed by atoms with van der Waals surface area (Å²) in [6, 6.07) is 7.41. The topological polar surface area (TPSA) is 63.4 Å². The Balaban J connectivity index is 2.23. The number of hydrogen-bond acceptors (Lipinski definition) is 3. The van der Waals surface area contributed by atoms with Crippen LogP contribution < -0.4 is 5.73 Å². The second-order valence-corrected chi connectivity index (χ2v) is 8.02. The van der Waals surface area contributed by atoms with E-state index in [0.717, 1.165) is 19.3 Å². The van der Waals surface area contributed by atoms with Crippen LogP contribution >= 0.6 is 0 Å². The van der Waals surface area contributed by atoms with Crippen molar-refractivity contribution in [1.29, 1.82) is 0 Å². The number of nitrogens with zero attached hydrogens (tertiary/aromatic N) is 1. The van der Waals surface area contributed by atoms with Crippen molar-refractivity contribution in [3.05, 3.63) is 29.8 Å². The summed E-state index contributed by atoms with van der Waals surface area (Å²) in [6.45, 7) is 6.73. The molecule has 0 aromatic heterocycles. The molecule has 118 valence electrons. The van der Waals surface area contributed by atoms with Crippen LogP contribution in [0.3, 0.4) is 0 Å². The third kappa shape index (κ3) is 3.47. The van der Waals surface area contributed by atoms with Crippen molar-refractivity contribution in [1.82, 2.24) is 4.31 Å². The molecule has 3 atom stereocenters. The fourth-order valence-electron chi connectivity index (χ4n) is 2.88. The molecule has 0 spiro atoms. The standard InChI is InChI=1S/C16H26N2O2S/c1-4-12(2)14-5-7-16(8-6-14)21(19,20)18-10-9-15(17)11-13(18)3/h5-8,12-13,15H,4,9-11,17H2,1-3H3. The molecular formula is C16H26N2O2S. The summed E-state index contributed by atoms with van der Waals surface area (Å²) in [5, 5.41) is 0. The van der Waals surface area contributed by atoms with Crippen molar-refractivity contribution in [3.63, 3.8) is 0 Å². The molecule has 1 fully saturated rings. The van der Waals surface area contributed by atoms with Crippen LogP contribution in [0.4, 0.5) is 0 Å². The zero-order chi connectivity index (χ0) is 15.6. The lowest BCUT2D eigenvalue weighted by atomic mass is 9.99. The van der Waals surface area contributed by atoms with Gasteiger partial charge in [0, 0.05) is 18.6 Å². The molecule has 2 N–H and O–H groups in total. The highest BCUT2D eigenvalue weighted by Crippen LogP contribution is 2.26. The second-order valence-electron chi connectivity index (χ2n) is 6.13. The molecule has 0 amide bonds. The first-order valence-electron chi connectivity index (χ1n) is 7.73. The molecule has 0 bridgehead atoms. The number of piperidine rings is 1. The smallest absolute Gasteiger partial charge is 0.243 e. The molecule has 1 aromatic carbocycles. The van der Waals surface area contributed by atoms with Gasteiger partial charge in [-0.15, -0.1) is 0 Å². The van der Waals surface area contributed by atoms with Crippen LogP contribution in [0.5, 0.6) is 0 Å². The van der Waals surface area contributed by atoms with Gasteiger partial charge < -0.3 is 5.73 Å². The summed E-state index contributed by atoms with van der Waals surface area (Å²) >= 11 is 0. The fourth-order valence-corrected chi connectivity index (χ4v) is 4.54. The predicted octanol–water partition coefficient (Wildman–Crippen LogP) is 2.70. The van der Waals surface area contributed by atoms with Crippen molar-refractivity contribution < 1.29 is 8.42 Å². The predicted molar refractivity (Wildman–Crippen MR) is 85.7 cm³/mol. The van der Waals surface area contributed by atoms with Crippen LogP contribution in [0.25, 0.3) is 0 Å². The Morgan fingerprint density at radius 2 is 1.95 bits per heavy atom. The number of rotatable bonds is 4. The Kier molecular flexibility index (Phi) is 5.07. The minimum Gasteiger partial charge on any atom is -0.328 e. The molecule has 1 aliphatic heterocycles. The average molecular weight is 310 g/mol. The third-order valence-electron chi connectivity index (χ3n) is 4.52. The monoisotopic (exact) mass is 310 g/mol. The van der Waals surface area contributed by atoms with Crippen LogP contribution in [0.2, 0.25) is 0 Å². The maximum absolute atomic E-state index is 12.7. The van der Waals surface area contributed by atoms with Crippen molar-refractivity contribution in [2.24, 2.45) is 5.73 Å². The van der Waals surface area contributed by atoms with Crippen molar-refractivity contribution in [2.75, 3.05) is 6.54 Å². The van der Waals surface area contributed by atoms with Crippen LogP contribution in [0, 0.1) is 0 Å². The first-order chi connectivity index (χ1) is 9.86. The molecule has 0 saturated carbocycles. The van der Waals surface area contributed by atoms with Gasteiger partial charge in [-0.05, 0) is 49.8 Å². The molecule has 4 nitrogen and oxygen atoms in total. The summed E-state index contributed by atoms with van der Waals surface area (Å²) in [7, 11) is -3.41. The molecule has 5 heteroatoms. The maximum atomic E-state index is 12.7. The van der Waals surface area contributed by atoms with E-state index >= 15 is 0 Å². The number of benzene rings is 1. The van der Waals surface area contributed by atoms with Crippen LogP contribution in [0.15, 0.2) is 29.2 Å². The van der Waals surface area contributed by atoms with E-state index in [9.17, 15) is 8.42 Å². The molecule has 1 saturated heterocycles. The summed E-state index contributed by atoms with van der Waals surface area (Å²) in [5.74, 6) is 0.452. The number of nitrogens with two attached hydrogens (primary N) is 1. The highest BCUT2D eigenvalue weighted by Gasteiger charge is 2.33. The van der Waals surface area contributed by atoms with Crippen molar-refractivity contribution in [3.8, 4) is 0 Å². The van der Waals surface area contributed by atoms with Gasteiger partial charge >= 0.3 is 0 Å². The first-order valence-corrected chi connectivity index (χ1v) is 9.17. The molecular weight excluding hydrogens is 284 g/mol. The van der Waals surface area contributed by atoms with Crippen LogP contribution in [-0.4, -0.2) is 31.4 Å². The van der Waals surface area contributed by atoms with E-state index in [4.69, 9.17) is 5.73 Å². The van der Waals surface area contributed by atoms with Crippen molar-refractivity contribution in [2.45, 2.75) is 62.9 Å². The lowest BCUT2D eigenvalue weighted by Gasteiger charge is -2.35. The van der Waals surface area contributed by atoms with E-state index in [1.165, 1.54) is 5.56 Å². The lowest BCUT2D eigenvalue weighted by Crippen LogP contribution is -2.48. The Labute approximate surface area is 128 Å². The number of sulfonamides is 1. The summed E-state index contributed by atoms with van der Waals surface area (Å²) in [5.41, 5.74) is 7.10. The van der Waals surface area contributed by atoms with Gasteiger partial charge in [0.15, 0.2) is 0 Å². The second kappa shape index (κ2) is 6.46. The van der Waals surface area contributed by atoms with E-state index in [2.05, 4.69) is 13.8 Å². The summed E-state index contributed by atoms with van der Waals surface area (Å²) < 4.78 is 27.1. The quantitative estimate of drug-likeness (QED) is 0.930. The maximum Gasteiger partial charge on any atom is 0.243 e. The van der Waals surface area contributed by atoms with E-state index in [0.29, 0.717) is 17.4 Å². The Bertz CT molecular complexity index is 568. The average Bonchev–Trinajstić information content (AvgIpc) is 2.46. The van der Waals surface area contributed by atoms with Gasteiger partial charge in [0.2, 0.25) is 10.0 Å². The third-order valence-corrected chi connectivity index (χ3v) is 6.55. The van der Waals surface area contributed by atoms with Crippen LogP contribution in [0.1, 0.15) is 51.5 Å². The fraction of sp³-hybridized carbons (Fsp3) is 0.625. The minimum atomic E-state index is -3.41. The van der Waals surface area contributed by atoms with Gasteiger partial charge in [-0.25, -0.2) is 8.42 Å². The van der Waals surface area contributed by atoms with Crippen LogP contribution in [-0.2, 0) is 10.0 Å². The Hall–Kier alpha value is -0.910. The molecule has 1 aliphatic rings.